The van der Waals surface area contributed by atoms with Crippen molar-refractivity contribution in [3.8, 4) is 5.75 Å². The van der Waals surface area contributed by atoms with E-state index in [1.807, 2.05) is 19.1 Å². The quantitative estimate of drug-likeness (QED) is 0.730. The summed E-state index contributed by atoms with van der Waals surface area (Å²) in [6.45, 7) is 1.65. The third-order valence-electron chi connectivity index (χ3n) is 2.41. The van der Waals surface area contributed by atoms with Crippen molar-refractivity contribution < 1.29 is 19.7 Å². The number of hydrogen-bond donors (Lipinski definition) is 2. The van der Waals surface area contributed by atoms with E-state index < -0.39 is 6.10 Å². The van der Waals surface area contributed by atoms with Gasteiger partial charge in [0.25, 0.3) is 0 Å². The van der Waals surface area contributed by atoms with Crippen LogP contribution in [0.2, 0.25) is 0 Å². The van der Waals surface area contributed by atoms with Gasteiger partial charge in [0.05, 0.1) is 31.1 Å². The summed E-state index contributed by atoms with van der Waals surface area (Å²) in [5, 5.41) is 17.8. The zero-order chi connectivity index (χ0) is 13.5. The number of methoxy groups -OCH3 is 1. The number of hydrogen-bond acceptors (Lipinski definition) is 5. The number of benzene rings is 1. The maximum atomic E-state index is 12.0. The number of rotatable bonds is 7. The van der Waals surface area contributed by atoms with Gasteiger partial charge in [0.2, 0.25) is 0 Å². The van der Waals surface area contributed by atoms with Gasteiger partial charge in [-0.1, -0.05) is 6.07 Å². The van der Waals surface area contributed by atoms with Crippen molar-refractivity contribution in [3.05, 3.63) is 29.3 Å². The number of ketones is 1. The summed E-state index contributed by atoms with van der Waals surface area (Å²) >= 11 is 1.30. The second-order valence-corrected chi connectivity index (χ2v) is 5.01. The lowest BCUT2D eigenvalue weighted by atomic mass is 10.1. The molecule has 1 unspecified atom stereocenters. The van der Waals surface area contributed by atoms with Gasteiger partial charge >= 0.3 is 0 Å². The van der Waals surface area contributed by atoms with E-state index >= 15 is 0 Å². The minimum absolute atomic E-state index is 0.0398. The Balaban J connectivity index is 2.61. The molecule has 0 radical (unpaired) electrons. The lowest BCUT2D eigenvalue weighted by molar-refractivity contribution is 0.101. The Kier molecular flexibility index (Phi) is 6.18. The molecule has 0 aromatic heterocycles. The van der Waals surface area contributed by atoms with Crippen LogP contribution in [0, 0.1) is 6.92 Å². The number of carbonyl (C=O) groups excluding carboxylic acids is 1. The molecule has 0 saturated carbocycles. The van der Waals surface area contributed by atoms with Crippen LogP contribution >= 0.6 is 11.8 Å². The molecule has 1 rings (SSSR count). The van der Waals surface area contributed by atoms with Crippen LogP contribution in [-0.4, -0.2) is 47.3 Å². The van der Waals surface area contributed by atoms with E-state index in [0.717, 1.165) is 5.56 Å². The number of aliphatic hydroxyl groups excluding tert-OH is 2. The molecule has 4 nitrogen and oxygen atoms in total. The van der Waals surface area contributed by atoms with Crippen molar-refractivity contribution in [1.82, 2.24) is 0 Å². The van der Waals surface area contributed by atoms with Gasteiger partial charge in [-0.25, -0.2) is 0 Å². The molecule has 0 bridgehead atoms. The van der Waals surface area contributed by atoms with E-state index in [2.05, 4.69) is 0 Å². The fourth-order valence-corrected chi connectivity index (χ4v) is 2.28. The average Bonchev–Trinajstić information content (AvgIpc) is 2.37. The minimum Gasteiger partial charge on any atom is -0.496 e. The van der Waals surface area contributed by atoms with Crippen LogP contribution in [0.5, 0.6) is 5.75 Å². The SMILES string of the molecule is COc1cc(C)ccc1C(=O)CSCC(O)CO. The summed E-state index contributed by atoms with van der Waals surface area (Å²) < 4.78 is 5.18. The summed E-state index contributed by atoms with van der Waals surface area (Å²) in [6.07, 6.45) is -0.775. The molecule has 0 saturated heterocycles. The predicted octanol–water partition coefficient (Wildman–Crippen LogP) is 1.27. The van der Waals surface area contributed by atoms with Crippen LogP contribution in [0.1, 0.15) is 15.9 Å². The van der Waals surface area contributed by atoms with E-state index in [1.54, 1.807) is 6.07 Å². The highest BCUT2D eigenvalue weighted by Crippen LogP contribution is 2.21. The molecule has 18 heavy (non-hydrogen) atoms. The molecule has 0 spiro atoms. The third kappa shape index (κ3) is 4.33. The predicted molar refractivity (Wildman–Crippen MR) is 72.5 cm³/mol. The number of ether oxygens (including phenoxy) is 1. The van der Waals surface area contributed by atoms with Gasteiger partial charge < -0.3 is 14.9 Å². The summed E-state index contributed by atoms with van der Waals surface area (Å²) in [5.41, 5.74) is 1.58. The van der Waals surface area contributed by atoms with Gasteiger partial charge in [0.15, 0.2) is 5.78 Å². The topological polar surface area (TPSA) is 66.8 Å². The number of aliphatic hydroxyl groups is 2. The molecule has 0 aliphatic carbocycles. The van der Waals surface area contributed by atoms with Crippen molar-refractivity contribution in [2.24, 2.45) is 0 Å². The first kappa shape index (κ1) is 15.0. The highest BCUT2D eigenvalue weighted by Gasteiger charge is 2.13. The smallest absolute Gasteiger partial charge is 0.176 e. The van der Waals surface area contributed by atoms with Crippen molar-refractivity contribution in [2.75, 3.05) is 25.2 Å². The van der Waals surface area contributed by atoms with Gasteiger partial charge in [-0.2, -0.15) is 11.8 Å². The van der Waals surface area contributed by atoms with E-state index in [4.69, 9.17) is 9.84 Å². The first-order valence-electron chi connectivity index (χ1n) is 5.63. The Hall–Kier alpha value is -1.04. The second kappa shape index (κ2) is 7.41. The molecule has 1 aromatic rings. The molecule has 0 amide bonds. The van der Waals surface area contributed by atoms with Gasteiger partial charge in [0.1, 0.15) is 5.75 Å². The molecule has 1 aromatic carbocycles. The maximum Gasteiger partial charge on any atom is 0.176 e. The Morgan fingerprint density at radius 2 is 2.22 bits per heavy atom. The van der Waals surface area contributed by atoms with Gasteiger partial charge in [0, 0.05) is 5.75 Å². The normalized spacial score (nSPS) is 12.2. The van der Waals surface area contributed by atoms with E-state index in [0.29, 0.717) is 17.1 Å². The minimum atomic E-state index is -0.775. The first-order valence-corrected chi connectivity index (χ1v) is 6.78. The van der Waals surface area contributed by atoms with Gasteiger partial charge in [-0.15, -0.1) is 0 Å². The Bertz CT molecular complexity index is 406. The van der Waals surface area contributed by atoms with Gasteiger partial charge in [-0.05, 0) is 24.6 Å². The Morgan fingerprint density at radius 1 is 1.50 bits per heavy atom. The second-order valence-electron chi connectivity index (χ2n) is 3.98. The third-order valence-corrected chi connectivity index (χ3v) is 3.50. The summed E-state index contributed by atoms with van der Waals surface area (Å²) in [4.78, 5) is 12.0. The molecular weight excluding hydrogens is 252 g/mol. The fourth-order valence-electron chi connectivity index (χ4n) is 1.45. The molecule has 0 heterocycles. The van der Waals surface area contributed by atoms with Crippen LogP contribution in [0.15, 0.2) is 18.2 Å². The maximum absolute atomic E-state index is 12.0. The lowest BCUT2D eigenvalue weighted by Crippen LogP contribution is -2.16. The van der Waals surface area contributed by atoms with Crippen molar-refractivity contribution in [1.29, 1.82) is 0 Å². The lowest BCUT2D eigenvalue weighted by Gasteiger charge is -2.09. The molecule has 5 heteroatoms. The molecule has 0 aliphatic heterocycles. The van der Waals surface area contributed by atoms with Crippen molar-refractivity contribution in [2.45, 2.75) is 13.0 Å². The number of Topliss-reactive ketones (excluding diaryl/α,β-unsaturated/α-hetero) is 1. The van der Waals surface area contributed by atoms with Crippen molar-refractivity contribution in [3.63, 3.8) is 0 Å². The number of carbonyl (C=O) groups is 1. The van der Waals surface area contributed by atoms with Gasteiger partial charge in [-0.3, -0.25) is 4.79 Å². The molecule has 0 fully saturated rings. The largest absolute Gasteiger partial charge is 0.496 e. The molecular formula is C13H18O4S. The van der Waals surface area contributed by atoms with E-state index in [9.17, 15) is 9.90 Å². The summed E-state index contributed by atoms with van der Waals surface area (Å²) in [6, 6.07) is 5.43. The highest BCUT2D eigenvalue weighted by molar-refractivity contribution is 8.00. The molecule has 0 aliphatic rings. The monoisotopic (exact) mass is 270 g/mol. The Labute approximate surface area is 111 Å². The van der Waals surface area contributed by atoms with Crippen LogP contribution < -0.4 is 4.74 Å². The standard InChI is InChI=1S/C13H18O4S/c1-9-3-4-11(13(5-9)17-2)12(16)8-18-7-10(15)6-14/h3-5,10,14-15H,6-8H2,1-2H3. The van der Waals surface area contributed by atoms with Crippen molar-refractivity contribution >= 4 is 17.5 Å². The first-order chi connectivity index (χ1) is 8.58. The van der Waals surface area contributed by atoms with Crippen LogP contribution in [0.25, 0.3) is 0 Å². The molecule has 2 N–H and O–H groups in total. The summed E-state index contributed by atoms with van der Waals surface area (Å²) in [7, 11) is 1.54. The van der Waals surface area contributed by atoms with Crippen LogP contribution in [0.3, 0.4) is 0 Å². The van der Waals surface area contributed by atoms with E-state index in [-0.39, 0.29) is 18.1 Å². The Morgan fingerprint density at radius 3 is 2.83 bits per heavy atom. The molecule has 100 valence electrons. The average molecular weight is 270 g/mol. The number of aryl methyl sites for hydroxylation is 1. The molecule has 1 atom stereocenters. The number of thioether (sulfide) groups is 1. The summed E-state index contributed by atoms with van der Waals surface area (Å²) in [5.74, 6) is 1.14. The fraction of sp³-hybridized carbons (Fsp3) is 0.462. The van der Waals surface area contributed by atoms with Crippen LogP contribution in [0.4, 0.5) is 0 Å². The zero-order valence-electron chi connectivity index (χ0n) is 10.5. The zero-order valence-corrected chi connectivity index (χ0v) is 11.4. The highest BCUT2D eigenvalue weighted by atomic mass is 32.2. The van der Waals surface area contributed by atoms with E-state index in [1.165, 1.54) is 18.9 Å². The van der Waals surface area contributed by atoms with Crippen LogP contribution in [-0.2, 0) is 0 Å².